The highest BCUT2D eigenvalue weighted by Crippen LogP contribution is 2.30. The van der Waals surface area contributed by atoms with Crippen molar-refractivity contribution < 1.29 is 9.72 Å². The van der Waals surface area contributed by atoms with Crippen LogP contribution in [0.4, 0.5) is 10.8 Å². The van der Waals surface area contributed by atoms with Crippen LogP contribution in [0.2, 0.25) is 0 Å². The molecule has 0 unspecified atom stereocenters. The van der Waals surface area contributed by atoms with Gasteiger partial charge < -0.3 is 9.88 Å². The van der Waals surface area contributed by atoms with Crippen molar-refractivity contribution in [2.45, 2.75) is 32.5 Å². The van der Waals surface area contributed by atoms with Crippen LogP contribution >= 0.6 is 23.1 Å². The third-order valence-electron chi connectivity index (χ3n) is 5.09. The summed E-state index contributed by atoms with van der Waals surface area (Å²) < 4.78 is 1.98. The van der Waals surface area contributed by atoms with Gasteiger partial charge in [-0.3, -0.25) is 14.9 Å². The summed E-state index contributed by atoms with van der Waals surface area (Å²) in [5, 5.41) is 25.5. The number of benzene rings is 2. The van der Waals surface area contributed by atoms with E-state index in [1.54, 1.807) is 24.4 Å². The quantitative estimate of drug-likeness (QED) is 0.199. The van der Waals surface area contributed by atoms with Crippen molar-refractivity contribution in [3.63, 3.8) is 0 Å². The van der Waals surface area contributed by atoms with Crippen molar-refractivity contribution >= 4 is 39.8 Å². The van der Waals surface area contributed by atoms with Crippen LogP contribution in [0, 0.1) is 24.0 Å². The van der Waals surface area contributed by atoms with E-state index < -0.39 is 4.92 Å². The molecule has 9 nitrogen and oxygen atoms in total. The van der Waals surface area contributed by atoms with Crippen LogP contribution in [0.25, 0.3) is 22.6 Å². The molecule has 0 radical (unpaired) electrons. The zero-order chi connectivity index (χ0) is 24.2. The fourth-order valence-corrected chi connectivity index (χ4v) is 4.93. The Balaban J connectivity index is 1.42. The van der Waals surface area contributed by atoms with Crippen molar-refractivity contribution in [2.75, 3.05) is 11.1 Å². The maximum Gasteiger partial charge on any atom is 0.272 e. The molecule has 0 aliphatic carbocycles. The monoisotopic (exact) mass is 494 g/mol. The second-order valence-corrected chi connectivity index (χ2v) is 9.35. The van der Waals surface area contributed by atoms with E-state index in [2.05, 4.69) is 26.6 Å². The van der Waals surface area contributed by atoms with Crippen LogP contribution in [-0.2, 0) is 11.3 Å². The van der Waals surface area contributed by atoms with Gasteiger partial charge in [0.2, 0.25) is 5.91 Å². The van der Waals surface area contributed by atoms with E-state index in [1.807, 2.05) is 36.6 Å². The summed E-state index contributed by atoms with van der Waals surface area (Å²) in [7, 11) is 0. The van der Waals surface area contributed by atoms with Crippen molar-refractivity contribution in [2.24, 2.45) is 0 Å². The molecular weight excluding hydrogens is 472 g/mol. The Morgan fingerprint density at radius 3 is 2.74 bits per heavy atom. The van der Waals surface area contributed by atoms with E-state index >= 15 is 0 Å². The van der Waals surface area contributed by atoms with Gasteiger partial charge in [0.1, 0.15) is 0 Å². The lowest BCUT2D eigenvalue weighted by molar-refractivity contribution is -0.385. The van der Waals surface area contributed by atoms with Crippen LogP contribution in [0.15, 0.2) is 53.0 Å². The van der Waals surface area contributed by atoms with Crippen molar-refractivity contribution in [1.82, 2.24) is 19.7 Å². The SMILES string of the molecule is CCn1c(SCC(=O)Nc2nc(-c3ccc(C)c([N+](=O)[O-])c3)cs2)nnc1-c1cccc(C)c1. The Kier molecular flexibility index (Phi) is 7.03. The number of aryl methyl sites for hydroxylation is 2. The lowest BCUT2D eigenvalue weighted by Gasteiger charge is -2.07. The number of thioether (sulfide) groups is 1. The smallest absolute Gasteiger partial charge is 0.272 e. The zero-order valence-electron chi connectivity index (χ0n) is 18.8. The number of nitro groups is 1. The molecule has 34 heavy (non-hydrogen) atoms. The second kappa shape index (κ2) is 10.1. The number of nitro benzene ring substituents is 1. The van der Waals surface area contributed by atoms with Crippen LogP contribution in [0.1, 0.15) is 18.1 Å². The average molecular weight is 495 g/mol. The molecule has 1 N–H and O–H groups in total. The Bertz CT molecular complexity index is 1360. The number of hydrogen-bond acceptors (Lipinski definition) is 8. The fourth-order valence-electron chi connectivity index (χ4n) is 3.39. The lowest BCUT2D eigenvalue weighted by Crippen LogP contribution is -2.14. The van der Waals surface area contributed by atoms with E-state index in [-0.39, 0.29) is 17.3 Å². The molecule has 0 saturated heterocycles. The molecule has 11 heteroatoms. The predicted octanol–water partition coefficient (Wildman–Crippen LogP) is 5.34. The molecule has 2 heterocycles. The number of nitrogens with one attached hydrogen (secondary N) is 1. The highest BCUT2D eigenvalue weighted by atomic mass is 32.2. The largest absolute Gasteiger partial charge is 0.302 e. The second-order valence-electron chi connectivity index (χ2n) is 7.55. The van der Waals surface area contributed by atoms with Gasteiger partial charge >= 0.3 is 0 Å². The summed E-state index contributed by atoms with van der Waals surface area (Å²) in [5.74, 6) is 0.700. The summed E-state index contributed by atoms with van der Waals surface area (Å²) in [4.78, 5) is 27.7. The highest BCUT2D eigenvalue weighted by Gasteiger charge is 2.17. The number of thiazole rings is 1. The normalized spacial score (nSPS) is 10.9. The van der Waals surface area contributed by atoms with Crippen molar-refractivity contribution in [3.05, 3.63) is 69.1 Å². The molecule has 0 fully saturated rings. The molecule has 0 saturated carbocycles. The minimum absolute atomic E-state index is 0.0394. The number of amides is 1. The van der Waals surface area contributed by atoms with Gasteiger partial charge in [-0.1, -0.05) is 47.7 Å². The predicted molar refractivity (Wildman–Crippen MR) is 134 cm³/mol. The molecule has 174 valence electrons. The molecule has 2 aromatic heterocycles. The van der Waals surface area contributed by atoms with E-state index in [0.717, 1.165) is 17.0 Å². The first kappa shape index (κ1) is 23.6. The Morgan fingerprint density at radius 1 is 1.18 bits per heavy atom. The Labute approximate surface area is 204 Å². The number of hydrogen-bond donors (Lipinski definition) is 1. The number of carbonyl (C=O) groups is 1. The molecule has 0 spiro atoms. The first-order chi connectivity index (χ1) is 16.4. The Morgan fingerprint density at radius 2 is 2.00 bits per heavy atom. The van der Waals surface area contributed by atoms with E-state index in [4.69, 9.17) is 0 Å². The molecule has 0 atom stereocenters. The summed E-state index contributed by atoms with van der Waals surface area (Å²) in [6, 6.07) is 13.0. The van der Waals surface area contributed by atoms with Crippen LogP contribution < -0.4 is 5.32 Å². The van der Waals surface area contributed by atoms with Gasteiger partial charge in [0, 0.05) is 34.7 Å². The number of rotatable bonds is 8. The first-order valence-electron chi connectivity index (χ1n) is 10.5. The van der Waals surface area contributed by atoms with Gasteiger partial charge in [0.25, 0.3) is 5.69 Å². The van der Waals surface area contributed by atoms with Crippen LogP contribution in [0.5, 0.6) is 0 Å². The summed E-state index contributed by atoms with van der Waals surface area (Å²) >= 11 is 2.58. The topological polar surface area (TPSA) is 116 Å². The van der Waals surface area contributed by atoms with E-state index in [9.17, 15) is 14.9 Å². The van der Waals surface area contributed by atoms with Gasteiger partial charge in [-0.15, -0.1) is 21.5 Å². The van der Waals surface area contributed by atoms with E-state index in [1.165, 1.54) is 29.2 Å². The zero-order valence-corrected chi connectivity index (χ0v) is 20.4. The summed E-state index contributed by atoms with van der Waals surface area (Å²) in [5.41, 5.74) is 3.95. The number of carbonyl (C=O) groups excluding carboxylic acids is 1. The van der Waals surface area contributed by atoms with E-state index in [0.29, 0.717) is 33.7 Å². The minimum atomic E-state index is -0.412. The number of anilines is 1. The van der Waals surface area contributed by atoms with Gasteiger partial charge in [-0.2, -0.15) is 0 Å². The Hall–Kier alpha value is -3.57. The molecule has 1 amide bonds. The van der Waals surface area contributed by atoms with Gasteiger partial charge in [-0.25, -0.2) is 4.98 Å². The number of aromatic nitrogens is 4. The summed E-state index contributed by atoms with van der Waals surface area (Å²) in [6.45, 7) is 6.41. The first-order valence-corrected chi connectivity index (χ1v) is 12.4. The minimum Gasteiger partial charge on any atom is -0.302 e. The van der Waals surface area contributed by atoms with Crippen LogP contribution in [0.3, 0.4) is 0 Å². The van der Waals surface area contributed by atoms with Gasteiger partial charge in [-0.05, 0) is 26.8 Å². The fraction of sp³-hybridized carbons (Fsp3) is 0.217. The molecule has 2 aromatic carbocycles. The highest BCUT2D eigenvalue weighted by molar-refractivity contribution is 7.99. The molecule has 4 aromatic rings. The maximum absolute atomic E-state index is 12.5. The third-order valence-corrected chi connectivity index (χ3v) is 6.82. The molecule has 0 bridgehead atoms. The van der Waals surface area contributed by atoms with Crippen molar-refractivity contribution in [3.8, 4) is 22.6 Å². The third kappa shape index (κ3) is 5.15. The van der Waals surface area contributed by atoms with Crippen molar-refractivity contribution in [1.29, 1.82) is 0 Å². The maximum atomic E-state index is 12.5. The van der Waals surface area contributed by atoms with Gasteiger partial charge in [0.15, 0.2) is 16.1 Å². The van der Waals surface area contributed by atoms with Gasteiger partial charge in [0.05, 0.1) is 16.4 Å². The lowest BCUT2D eigenvalue weighted by atomic mass is 10.1. The molecule has 4 rings (SSSR count). The molecule has 0 aliphatic rings. The standard InChI is InChI=1S/C23H22N6O3S2/c1-4-28-21(17-7-5-6-14(2)10-17)26-27-23(28)34-13-20(30)25-22-24-18(12-33-22)16-9-8-15(3)19(11-16)29(31)32/h5-12H,4,13H2,1-3H3,(H,24,25,30). The molecule has 0 aliphatic heterocycles. The number of nitrogens with zero attached hydrogens (tertiary/aromatic N) is 5. The molecular formula is C23H22N6O3S2. The average Bonchev–Trinajstić information content (AvgIpc) is 3.44. The summed E-state index contributed by atoms with van der Waals surface area (Å²) in [6.07, 6.45) is 0. The van der Waals surface area contributed by atoms with Crippen LogP contribution in [-0.4, -0.2) is 36.3 Å².